The molecule has 1 fully saturated rings. The molecule has 6 heteroatoms. The van der Waals surface area contributed by atoms with Crippen molar-refractivity contribution in [3.05, 3.63) is 60.2 Å². The molecule has 0 aliphatic carbocycles. The Bertz CT molecular complexity index is 699. The normalized spacial score (nSPS) is 17.7. The Kier molecular flexibility index (Phi) is 3.92. The van der Waals surface area contributed by atoms with Crippen LogP contribution < -0.4 is 9.46 Å². The van der Waals surface area contributed by atoms with Crippen molar-refractivity contribution in [3.63, 3.8) is 0 Å². The first kappa shape index (κ1) is 14.1. The molecule has 1 saturated heterocycles. The first-order valence-electron chi connectivity index (χ1n) is 6.70. The fourth-order valence-electron chi connectivity index (χ4n) is 2.17. The first-order chi connectivity index (χ1) is 10.1. The minimum atomic E-state index is -3.29. The largest absolute Gasteiger partial charge is 0.457 e. The standard InChI is InChI=1S/C15H16N2O3S/c18-21(19)16-10-11-17(21)12-13-6-8-15(9-7-13)20-14-4-2-1-3-5-14/h1-9,16H,10-12H2. The van der Waals surface area contributed by atoms with Crippen LogP contribution in [0.5, 0.6) is 11.5 Å². The maximum absolute atomic E-state index is 11.7. The maximum Gasteiger partial charge on any atom is 0.279 e. The summed E-state index contributed by atoms with van der Waals surface area (Å²) in [5, 5.41) is 0. The monoisotopic (exact) mass is 304 g/mol. The molecule has 0 unspecified atom stereocenters. The van der Waals surface area contributed by atoms with Gasteiger partial charge in [0.15, 0.2) is 0 Å². The summed E-state index contributed by atoms with van der Waals surface area (Å²) < 4.78 is 32.9. The average molecular weight is 304 g/mol. The van der Waals surface area contributed by atoms with E-state index in [9.17, 15) is 8.42 Å². The molecule has 0 aromatic heterocycles. The second-order valence-electron chi connectivity index (χ2n) is 4.79. The number of hydrogen-bond acceptors (Lipinski definition) is 3. The third kappa shape index (κ3) is 3.41. The highest BCUT2D eigenvalue weighted by Gasteiger charge is 2.27. The van der Waals surface area contributed by atoms with Crippen molar-refractivity contribution in [2.24, 2.45) is 0 Å². The molecule has 2 aromatic carbocycles. The lowest BCUT2D eigenvalue weighted by Gasteiger charge is -2.13. The second-order valence-corrected chi connectivity index (χ2v) is 6.55. The smallest absolute Gasteiger partial charge is 0.279 e. The van der Waals surface area contributed by atoms with Crippen LogP contribution in [0.15, 0.2) is 54.6 Å². The molecule has 1 N–H and O–H groups in total. The Hall–Kier alpha value is -1.89. The molecule has 110 valence electrons. The molecule has 0 atom stereocenters. The molecule has 1 aliphatic rings. The van der Waals surface area contributed by atoms with Crippen LogP contribution >= 0.6 is 0 Å². The zero-order valence-corrected chi connectivity index (χ0v) is 12.2. The lowest BCUT2D eigenvalue weighted by molar-refractivity contribution is 0.445. The van der Waals surface area contributed by atoms with Gasteiger partial charge in [-0.1, -0.05) is 30.3 Å². The van der Waals surface area contributed by atoms with E-state index >= 15 is 0 Å². The topological polar surface area (TPSA) is 58.6 Å². The molecular formula is C15H16N2O3S. The van der Waals surface area contributed by atoms with Crippen molar-refractivity contribution in [2.75, 3.05) is 13.1 Å². The minimum Gasteiger partial charge on any atom is -0.457 e. The first-order valence-corrected chi connectivity index (χ1v) is 8.14. The number of nitrogens with zero attached hydrogens (tertiary/aromatic N) is 1. The van der Waals surface area contributed by atoms with Gasteiger partial charge in [0.2, 0.25) is 0 Å². The van der Waals surface area contributed by atoms with Gasteiger partial charge in [-0.15, -0.1) is 0 Å². The van der Waals surface area contributed by atoms with E-state index in [2.05, 4.69) is 4.72 Å². The van der Waals surface area contributed by atoms with Crippen molar-refractivity contribution < 1.29 is 13.2 Å². The lowest BCUT2D eigenvalue weighted by atomic mass is 10.2. The van der Waals surface area contributed by atoms with Crippen LogP contribution in [0.3, 0.4) is 0 Å². The third-order valence-corrected chi connectivity index (χ3v) is 4.81. The van der Waals surface area contributed by atoms with E-state index in [-0.39, 0.29) is 0 Å². The summed E-state index contributed by atoms with van der Waals surface area (Å²) in [6, 6.07) is 17.0. The Morgan fingerprint density at radius 1 is 1.00 bits per heavy atom. The fourth-order valence-corrected chi connectivity index (χ4v) is 3.35. The van der Waals surface area contributed by atoms with E-state index < -0.39 is 10.2 Å². The van der Waals surface area contributed by atoms with E-state index in [1.807, 2.05) is 54.6 Å². The van der Waals surface area contributed by atoms with Gasteiger partial charge in [0.1, 0.15) is 11.5 Å². The molecule has 0 bridgehead atoms. The molecule has 0 saturated carbocycles. The Morgan fingerprint density at radius 2 is 1.67 bits per heavy atom. The minimum absolute atomic E-state index is 0.376. The molecule has 0 spiro atoms. The van der Waals surface area contributed by atoms with Crippen molar-refractivity contribution in [1.82, 2.24) is 9.03 Å². The molecule has 3 rings (SSSR count). The Labute approximate surface area is 124 Å². The Balaban J connectivity index is 1.67. The van der Waals surface area contributed by atoms with Crippen molar-refractivity contribution in [1.29, 1.82) is 0 Å². The van der Waals surface area contributed by atoms with Crippen LogP contribution in [0.25, 0.3) is 0 Å². The predicted molar refractivity (Wildman–Crippen MR) is 80.3 cm³/mol. The lowest BCUT2D eigenvalue weighted by Crippen LogP contribution is -2.28. The second kappa shape index (κ2) is 5.85. The van der Waals surface area contributed by atoms with Gasteiger partial charge in [0, 0.05) is 19.6 Å². The molecule has 21 heavy (non-hydrogen) atoms. The van der Waals surface area contributed by atoms with Crippen LogP contribution in [0.4, 0.5) is 0 Å². The highest BCUT2D eigenvalue weighted by atomic mass is 32.2. The number of para-hydroxylation sites is 1. The maximum atomic E-state index is 11.7. The average Bonchev–Trinajstić information content (AvgIpc) is 2.81. The molecule has 0 radical (unpaired) electrons. The molecule has 1 aliphatic heterocycles. The summed E-state index contributed by atoms with van der Waals surface area (Å²) in [6.07, 6.45) is 0. The zero-order chi connectivity index (χ0) is 14.7. The van der Waals surface area contributed by atoms with Gasteiger partial charge in [0.25, 0.3) is 10.2 Å². The van der Waals surface area contributed by atoms with Crippen molar-refractivity contribution >= 4 is 10.2 Å². The molecule has 5 nitrogen and oxygen atoms in total. The number of hydrogen-bond donors (Lipinski definition) is 1. The SMILES string of the molecule is O=S1(=O)NCCN1Cc1ccc(Oc2ccccc2)cc1. The van der Waals surface area contributed by atoms with Gasteiger partial charge in [-0.05, 0) is 29.8 Å². The van der Waals surface area contributed by atoms with Crippen molar-refractivity contribution in [3.8, 4) is 11.5 Å². The van der Waals surface area contributed by atoms with Gasteiger partial charge in [0.05, 0.1) is 0 Å². The highest BCUT2D eigenvalue weighted by molar-refractivity contribution is 7.87. The van der Waals surface area contributed by atoms with Crippen LogP contribution in [0, 0.1) is 0 Å². The van der Waals surface area contributed by atoms with Crippen LogP contribution in [-0.4, -0.2) is 25.8 Å². The zero-order valence-electron chi connectivity index (χ0n) is 11.4. The summed E-state index contributed by atoms with van der Waals surface area (Å²) in [4.78, 5) is 0. The molecule has 1 heterocycles. The van der Waals surface area contributed by atoms with Gasteiger partial charge in [-0.2, -0.15) is 12.7 Å². The number of rotatable bonds is 4. The molecule has 0 amide bonds. The fraction of sp³-hybridized carbons (Fsp3) is 0.200. The number of benzene rings is 2. The quantitative estimate of drug-likeness (QED) is 0.941. The molecular weight excluding hydrogens is 288 g/mol. The van der Waals surface area contributed by atoms with E-state index in [1.165, 1.54) is 4.31 Å². The summed E-state index contributed by atoms with van der Waals surface area (Å²) >= 11 is 0. The van der Waals surface area contributed by atoms with E-state index in [4.69, 9.17) is 4.74 Å². The van der Waals surface area contributed by atoms with Crippen molar-refractivity contribution in [2.45, 2.75) is 6.54 Å². The molecule has 2 aromatic rings. The van der Waals surface area contributed by atoms with Gasteiger partial charge < -0.3 is 4.74 Å². The Morgan fingerprint density at radius 3 is 2.29 bits per heavy atom. The van der Waals surface area contributed by atoms with Crippen LogP contribution in [0.1, 0.15) is 5.56 Å². The van der Waals surface area contributed by atoms with Crippen LogP contribution in [0.2, 0.25) is 0 Å². The van der Waals surface area contributed by atoms with Gasteiger partial charge in [-0.25, -0.2) is 4.72 Å². The summed E-state index contributed by atoms with van der Waals surface area (Å²) in [5.41, 5.74) is 0.933. The van der Waals surface area contributed by atoms with E-state index in [1.54, 1.807) is 0 Å². The van der Waals surface area contributed by atoms with E-state index in [0.717, 1.165) is 17.1 Å². The highest BCUT2D eigenvalue weighted by Crippen LogP contribution is 2.22. The summed E-state index contributed by atoms with van der Waals surface area (Å²) in [7, 11) is -3.29. The third-order valence-electron chi connectivity index (χ3n) is 3.25. The summed E-state index contributed by atoms with van der Waals surface area (Å²) in [6.45, 7) is 1.35. The number of ether oxygens (including phenoxy) is 1. The van der Waals surface area contributed by atoms with E-state index in [0.29, 0.717) is 19.6 Å². The summed E-state index contributed by atoms with van der Waals surface area (Å²) in [5.74, 6) is 1.50. The van der Waals surface area contributed by atoms with Crippen LogP contribution in [-0.2, 0) is 16.8 Å². The van der Waals surface area contributed by atoms with Gasteiger partial charge in [-0.3, -0.25) is 0 Å². The predicted octanol–water partition coefficient (Wildman–Crippen LogP) is 2.13. The van der Waals surface area contributed by atoms with Gasteiger partial charge >= 0.3 is 0 Å². The number of nitrogens with one attached hydrogen (secondary N) is 1.